The van der Waals surface area contributed by atoms with Crippen LogP contribution in [0.1, 0.15) is 129 Å². The molecule has 0 saturated heterocycles. The van der Waals surface area contributed by atoms with Crippen molar-refractivity contribution in [2.75, 3.05) is 0 Å². The van der Waals surface area contributed by atoms with Gasteiger partial charge in [0.2, 0.25) is 0 Å². The molecule has 0 spiro atoms. The van der Waals surface area contributed by atoms with Crippen molar-refractivity contribution < 1.29 is 15.0 Å². The molecule has 2 aliphatic carbocycles. The minimum atomic E-state index is -0.947. The highest BCUT2D eigenvalue weighted by Crippen LogP contribution is 2.42. The van der Waals surface area contributed by atoms with Gasteiger partial charge in [0.25, 0.3) is 0 Å². The quantitative estimate of drug-likeness (QED) is 0.410. The number of ketones is 1. The molecule has 2 N–H and O–H groups in total. The molecular weight excluding hydrogens is 420 g/mol. The molecule has 0 unspecified atom stereocenters. The lowest BCUT2D eigenvalue weighted by Crippen LogP contribution is -2.33. The molecule has 2 fully saturated rings. The highest BCUT2D eigenvalue weighted by atomic mass is 16.3. The number of carbonyl (C=O) groups excluding carboxylic acids is 1. The number of aryl methyl sites for hydroxylation is 2. The Labute approximate surface area is 205 Å². The van der Waals surface area contributed by atoms with Gasteiger partial charge < -0.3 is 10.2 Å². The number of hydrogen-bond acceptors (Lipinski definition) is 3. The molecule has 0 radical (unpaired) electrons. The molecule has 0 bridgehead atoms. The number of hydrogen-bond donors (Lipinski definition) is 2. The van der Waals surface area contributed by atoms with Gasteiger partial charge in [-0.1, -0.05) is 102 Å². The summed E-state index contributed by atoms with van der Waals surface area (Å²) in [4.78, 5) is 14.2. The van der Waals surface area contributed by atoms with Gasteiger partial charge in [-0.05, 0) is 60.8 Å². The average Bonchev–Trinajstić information content (AvgIpc) is 2.85. The van der Waals surface area contributed by atoms with Crippen molar-refractivity contribution in [2.24, 2.45) is 0 Å². The van der Waals surface area contributed by atoms with Gasteiger partial charge in [0.1, 0.15) is 0 Å². The second-order valence-electron chi connectivity index (χ2n) is 10.8. The van der Waals surface area contributed by atoms with Gasteiger partial charge in [-0.3, -0.25) is 4.79 Å². The lowest BCUT2D eigenvalue weighted by atomic mass is 9.74. The third-order valence-electron chi connectivity index (χ3n) is 8.10. The SMILES string of the molecule is CCCc1ccc(C(=O)c2ccc(CCC)cc2C2(O)CCCCC2)c(C2(O)CCCCC2)c1. The van der Waals surface area contributed by atoms with E-state index in [1.54, 1.807) is 0 Å². The molecular formula is C31H42O3. The van der Waals surface area contributed by atoms with E-state index in [0.717, 1.165) is 75.3 Å². The van der Waals surface area contributed by atoms with Gasteiger partial charge in [0.15, 0.2) is 5.78 Å². The fourth-order valence-electron chi connectivity index (χ4n) is 6.19. The third-order valence-corrected chi connectivity index (χ3v) is 8.10. The van der Waals surface area contributed by atoms with Crippen molar-refractivity contribution in [2.45, 2.75) is 115 Å². The predicted molar refractivity (Wildman–Crippen MR) is 138 cm³/mol. The highest BCUT2D eigenvalue weighted by Gasteiger charge is 2.38. The molecule has 3 heteroatoms. The van der Waals surface area contributed by atoms with Crippen LogP contribution in [-0.2, 0) is 24.0 Å². The zero-order chi connectivity index (χ0) is 24.2. The minimum absolute atomic E-state index is 0.0610. The number of benzene rings is 2. The van der Waals surface area contributed by atoms with Crippen molar-refractivity contribution in [3.63, 3.8) is 0 Å². The minimum Gasteiger partial charge on any atom is -0.385 e. The molecule has 0 atom stereocenters. The van der Waals surface area contributed by atoms with Crippen LogP contribution in [0.5, 0.6) is 0 Å². The molecule has 0 aliphatic heterocycles. The van der Waals surface area contributed by atoms with E-state index in [9.17, 15) is 15.0 Å². The van der Waals surface area contributed by atoms with Gasteiger partial charge in [-0.15, -0.1) is 0 Å². The van der Waals surface area contributed by atoms with E-state index in [4.69, 9.17) is 0 Å². The van der Waals surface area contributed by atoms with Gasteiger partial charge in [-0.25, -0.2) is 0 Å². The van der Waals surface area contributed by atoms with E-state index < -0.39 is 11.2 Å². The second-order valence-corrected chi connectivity index (χ2v) is 10.8. The Morgan fingerprint density at radius 1 is 0.676 bits per heavy atom. The van der Waals surface area contributed by atoms with Gasteiger partial charge >= 0.3 is 0 Å². The lowest BCUT2D eigenvalue weighted by Gasteiger charge is -2.36. The highest BCUT2D eigenvalue weighted by molar-refractivity contribution is 6.11. The smallest absolute Gasteiger partial charge is 0.193 e. The molecule has 2 aliphatic rings. The van der Waals surface area contributed by atoms with Crippen molar-refractivity contribution in [3.8, 4) is 0 Å². The summed E-state index contributed by atoms with van der Waals surface area (Å²) in [5, 5.41) is 23.4. The summed E-state index contributed by atoms with van der Waals surface area (Å²) < 4.78 is 0. The van der Waals surface area contributed by atoms with Gasteiger partial charge in [0.05, 0.1) is 11.2 Å². The Bertz CT molecular complexity index is 914. The first-order valence-corrected chi connectivity index (χ1v) is 13.7. The maximum absolute atomic E-state index is 14.2. The predicted octanol–water partition coefficient (Wildman–Crippen LogP) is 7.13. The van der Waals surface area contributed by atoms with Crippen molar-refractivity contribution in [3.05, 3.63) is 69.8 Å². The normalized spacial score (nSPS) is 19.6. The number of carbonyl (C=O) groups is 1. The van der Waals surface area contributed by atoms with Gasteiger partial charge in [-0.2, -0.15) is 0 Å². The Hall–Kier alpha value is -1.97. The molecule has 0 amide bonds. The molecule has 2 aromatic rings. The van der Waals surface area contributed by atoms with Crippen molar-refractivity contribution in [1.82, 2.24) is 0 Å². The van der Waals surface area contributed by atoms with Gasteiger partial charge in [0, 0.05) is 11.1 Å². The zero-order valence-corrected chi connectivity index (χ0v) is 21.2. The van der Waals surface area contributed by atoms with Crippen molar-refractivity contribution >= 4 is 5.78 Å². The molecule has 34 heavy (non-hydrogen) atoms. The standard InChI is InChI=1S/C31H42O3/c1-3-11-23-13-15-25(27(21-23)30(33)17-7-5-8-18-30)29(32)26-16-14-24(12-4-2)22-28(26)31(34)19-9-6-10-20-31/h13-16,21-22,33-34H,3-12,17-20H2,1-2H3. The van der Waals surface area contributed by atoms with E-state index >= 15 is 0 Å². The summed E-state index contributed by atoms with van der Waals surface area (Å²) in [5.74, 6) is -0.0610. The Morgan fingerprint density at radius 2 is 1.06 bits per heavy atom. The fourth-order valence-corrected chi connectivity index (χ4v) is 6.19. The van der Waals surface area contributed by atoms with E-state index in [1.807, 2.05) is 24.3 Å². The summed E-state index contributed by atoms with van der Waals surface area (Å²) in [5.41, 5.74) is 3.26. The number of aliphatic hydroxyl groups is 2. The van der Waals surface area contributed by atoms with Crippen LogP contribution in [0, 0.1) is 0 Å². The Morgan fingerprint density at radius 3 is 1.41 bits per heavy atom. The number of rotatable bonds is 8. The van der Waals surface area contributed by atoms with Crippen LogP contribution in [-0.4, -0.2) is 16.0 Å². The Balaban J connectivity index is 1.82. The fraction of sp³-hybridized carbons (Fsp3) is 0.581. The molecule has 184 valence electrons. The summed E-state index contributed by atoms with van der Waals surface area (Å²) in [7, 11) is 0. The maximum Gasteiger partial charge on any atom is 0.193 e. The largest absolute Gasteiger partial charge is 0.385 e. The van der Waals surface area contributed by atoms with Crippen LogP contribution in [0.2, 0.25) is 0 Å². The summed E-state index contributed by atoms with van der Waals surface area (Å²) in [6, 6.07) is 12.1. The molecule has 4 rings (SSSR count). The summed E-state index contributed by atoms with van der Waals surface area (Å²) in [6.45, 7) is 4.31. The zero-order valence-electron chi connectivity index (χ0n) is 21.2. The second kappa shape index (κ2) is 10.7. The van der Waals surface area contributed by atoms with Crippen molar-refractivity contribution in [1.29, 1.82) is 0 Å². The first-order chi connectivity index (χ1) is 16.4. The molecule has 2 aromatic carbocycles. The maximum atomic E-state index is 14.2. The summed E-state index contributed by atoms with van der Waals surface area (Å²) in [6.07, 6.45) is 13.0. The lowest BCUT2D eigenvalue weighted by molar-refractivity contribution is -0.00195. The molecule has 0 aromatic heterocycles. The van der Waals surface area contributed by atoms with Crippen LogP contribution in [0.25, 0.3) is 0 Å². The monoisotopic (exact) mass is 462 g/mol. The topological polar surface area (TPSA) is 57.5 Å². The van der Waals surface area contributed by atoms with Crippen LogP contribution >= 0.6 is 0 Å². The first kappa shape index (κ1) is 25.1. The third kappa shape index (κ3) is 5.16. The molecule has 2 saturated carbocycles. The van der Waals surface area contributed by atoms with E-state index in [-0.39, 0.29) is 5.78 Å². The van der Waals surface area contributed by atoms with E-state index in [1.165, 1.54) is 11.1 Å². The summed E-state index contributed by atoms with van der Waals surface area (Å²) >= 11 is 0. The van der Waals surface area contributed by atoms with E-state index in [0.29, 0.717) is 36.8 Å². The molecule has 3 nitrogen and oxygen atoms in total. The molecule has 0 heterocycles. The van der Waals surface area contributed by atoms with Crippen LogP contribution in [0.3, 0.4) is 0 Å². The average molecular weight is 463 g/mol. The van der Waals surface area contributed by atoms with E-state index in [2.05, 4.69) is 26.0 Å². The van der Waals surface area contributed by atoms with Crippen LogP contribution in [0.4, 0.5) is 0 Å². The van der Waals surface area contributed by atoms with Crippen LogP contribution < -0.4 is 0 Å². The van der Waals surface area contributed by atoms with Crippen LogP contribution in [0.15, 0.2) is 36.4 Å². The first-order valence-electron chi connectivity index (χ1n) is 13.7. The Kier molecular flexibility index (Phi) is 7.94.